The van der Waals surface area contributed by atoms with Gasteiger partial charge in [-0.05, 0) is 42.8 Å². The summed E-state index contributed by atoms with van der Waals surface area (Å²) in [6.07, 6.45) is 0. The third-order valence-corrected chi connectivity index (χ3v) is 5.27. The summed E-state index contributed by atoms with van der Waals surface area (Å²) >= 11 is 0. The van der Waals surface area contributed by atoms with E-state index in [0.29, 0.717) is 39.6 Å². The predicted octanol–water partition coefficient (Wildman–Crippen LogP) is 3.71. The van der Waals surface area contributed by atoms with Crippen LogP contribution in [0.1, 0.15) is 5.56 Å². The second kappa shape index (κ2) is 7.66. The fourth-order valence-corrected chi connectivity index (χ4v) is 3.61. The summed E-state index contributed by atoms with van der Waals surface area (Å²) in [7, 11) is 1.52. The van der Waals surface area contributed by atoms with Crippen LogP contribution >= 0.6 is 0 Å². The lowest BCUT2D eigenvalue weighted by Gasteiger charge is -2.08. The highest BCUT2D eigenvalue weighted by atomic mass is 16.5. The fourth-order valence-electron chi connectivity index (χ4n) is 3.61. The third-order valence-electron chi connectivity index (χ3n) is 5.27. The molecule has 0 radical (unpaired) electrons. The second-order valence-corrected chi connectivity index (χ2v) is 7.27. The number of hydrogen-bond donors (Lipinski definition) is 1. The van der Waals surface area contributed by atoms with Crippen LogP contribution in [0.2, 0.25) is 0 Å². The smallest absolute Gasteiger partial charge is 0.333 e. The fraction of sp³-hybridized carbons (Fsp3) is 0.0833. The molecule has 32 heavy (non-hydrogen) atoms. The van der Waals surface area contributed by atoms with Crippen molar-refractivity contribution in [1.82, 2.24) is 19.7 Å². The molecule has 5 aromatic rings. The summed E-state index contributed by atoms with van der Waals surface area (Å²) in [4.78, 5) is 33.1. The summed E-state index contributed by atoms with van der Waals surface area (Å²) < 4.78 is 11.7. The minimum Gasteiger partial charge on any atom is -0.497 e. The molecule has 1 N–H and O–H groups in total. The van der Waals surface area contributed by atoms with Gasteiger partial charge in [0.25, 0.3) is 11.4 Å². The summed E-state index contributed by atoms with van der Waals surface area (Å²) in [5.41, 5.74) is 2.31. The summed E-state index contributed by atoms with van der Waals surface area (Å²) in [5.74, 6) is 1.31. The quantitative estimate of drug-likeness (QED) is 0.470. The maximum absolute atomic E-state index is 13.1. The molecule has 0 aliphatic rings. The highest BCUT2D eigenvalue weighted by molar-refractivity contribution is 5.82. The SMILES string of the molecule is COc1cccc(-n2c(=O)[nH]c3cc(-c4nc(-c5ccccc5C)no4)ccc3c2=O)c1. The van der Waals surface area contributed by atoms with Crippen LogP contribution in [0.3, 0.4) is 0 Å². The van der Waals surface area contributed by atoms with E-state index in [1.54, 1.807) is 42.5 Å². The Morgan fingerprint density at radius 2 is 1.84 bits per heavy atom. The van der Waals surface area contributed by atoms with Gasteiger partial charge in [0.2, 0.25) is 5.82 Å². The summed E-state index contributed by atoms with van der Waals surface area (Å²) in [6.45, 7) is 1.97. The molecule has 0 fully saturated rings. The first-order valence-corrected chi connectivity index (χ1v) is 9.89. The molecule has 0 aliphatic heterocycles. The molecular formula is C24H18N4O4. The molecule has 0 aliphatic carbocycles. The maximum Gasteiger partial charge on any atom is 0.333 e. The van der Waals surface area contributed by atoms with Crippen molar-refractivity contribution < 1.29 is 9.26 Å². The number of H-pyrrole nitrogens is 1. The summed E-state index contributed by atoms with van der Waals surface area (Å²) in [5, 5.41) is 4.43. The van der Waals surface area contributed by atoms with Gasteiger partial charge in [0, 0.05) is 17.2 Å². The van der Waals surface area contributed by atoms with E-state index in [4.69, 9.17) is 9.26 Å². The normalized spacial score (nSPS) is 11.1. The van der Waals surface area contributed by atoms with Crippen molar-refractivity contribution in [3.8, 4) is 34.3 Å². The van der Waals surface area contributed by atoms with Gasteiger partial charge in [0.15, 0.2) is 0 Å². The van der Waals surface area contributed by atoms with Crippen LogP contribution in [-0.4, -0.2) is 26.8 Å². The first kappa shape index (κ1) is 19.5. The van der Waals surface area contributed by atoms with Gasteiger partial charge in [-0.2, -0.15) is 4.98 Å². The van der Waals surface area contributed by atoms with E-state index in [9.17, 15) is 9.59 Å². The van der Waals surface area contributed by atoms with Crippen LogP contribution in [0.25, 0.3) is 39.4 Å². The standard InChI is InChI=1S/C24H18N4O4/c1-14-6-3-4-9-18(14)21-26-22(32-27-21)15-10-11-19-20(12-15)25-24(30)28(23(19)29)16-7-5-8-17(13-16)31-2/h3-13H,1-2H3,(H,25,30). The van der Waals surface area contributed by atoms with E-state index in [1.807, 2.05) is 31.2 Å². The number of ether oxygens (including phenoxy) is 1. The zero-order chi connectivity index (χ0) is 22.2. The van der Waals surface area contributed by atoms with E-state index < -0.39 is 11.2 Å². The van der Waals surface area contributed by atoms with Crippen LogP contribution < -0.4 is 16.0 Å². The van der Waals surface area contributed by atoms with Crippen molar-refractivity contribution in [3.05, 3.63) is 93.1 Å². The van der Waals surface area contributed by atoms with Crippen molar-refractivity contribution in [1.29, 1.82) is 0 Å². The zero-order valence-corrected chi connectivity index (χ0v) is 17.3. The lowest BCUT2D eigenvalue weighted by atomic mass is 10.1. The molecule has 0 amide bonds. The molecule has 0 saturated carbocycles. The van der Waals surface area contributed by atoms with E-state index in [0.717, 1.165) is 15.7 Å². The number of nitrogens with zero attached hydrogens (tertiary/aromatic N) is 3. The van der Waals surface area contributed by atoms with Gasteiger partial charge in [-0.15, -0.1) is 0 Å². The van der Waals surface area contributed by atoms with Gasteiger partial charge in [0.1, 0.15) is 5.75 Å². The Labute approximate surface area is 181 Å². The van der Waals surface area contributed by atoms with Crippen molar-refractivity contribution >= 4 is 10.9 Å². The monoisotopic (exact) mass is 426 g/mol. The van der Waals surface area contributed by atoms with Crippen LogP contribution in [0.5, 0.6) is 5.75 Å². The van der Waals surface area contributed by atoms with Gasteiger partial charge in [-0.25, -0.2) is 9.36 Å². The van der Waals surface area contributed by atoms with E-state index in [-0.39, 0.29) is 0 Å². The molecule has 0 spiro atoms. The first-order valence-electron chi connectivity index (χ1n) is 9.89. The predicted molar refractivity (Wildman–Crippen MR) is 120 cm³/mol. The third kappa shape index (κ3) is 3.27. The van der Waals surface area contributed by atoms with E-state index in [2.05, 4.69) is 15.1 Å². The molecule has 0 atom stereocenters. The van der Waals surface area contributed by atoms with Crippen molar-refractivity contribution in [2.24, 2.45) is 0 Å². The van der Waals surface area contributed by atoms with Gasteiger partial charge in [-0.1, -0.05) is 35.5 Å². The van der Waals surface area contributed by atoms with Crippen molar-refractivity contribution in [2.75, 3.05) is 7.11 Å². The molecule has 3 aromatic carbocycles. The lowest BCUT2D eigenvalue weighted by Crippen LogP contribution is -2.33. The highest BCUT2D eigenvalue weighted by Gasteiger charge is 2.15. The van der Waals surface area contributed by atoms with Crippen molar-refractivity contribution in [3.63, 3.8) is 0 Å². The Morgan fingerprint density at radius 3 is 2.66 bits per heavy atom. The van der Waals surface area contributed by atoms with Crippen LogP contribution in [0.15, 0.2) is 80.8 Å². The van der Waals surface area contributed by atoms with Crippen LogP contribution in [-0.2, 0) is 0 Å². The largest absolute Gasteiger partial charge is 0.497 e. The molecule has 5 rings (SSSR count). The number of rotatable bonds is 4. The van der Waals surface area contributed by atoms with Gasteiger partial charge in [0.05, 0.1) is 23.7 Å². The van der Waals surface area contributed by atoms with Crippen molar-refractivity contribution in [2.45, 2.75) is 6.92 Å². The number of methoxy groups -OCH3 is 1. The molecule has 0 saturated heterocycles. The Hall–Kier alpha value is -4.46. The lowest BCUT2D eigenvalue weighted by molar-refractivity contribution is 0.414. The summed E-state index contributed by atoms with van der Waals surface area (Å²) in [6, 6.07) is 19.5. The first-order chi connectivity index (χ1) is 15.5. The van der Waals surface area contributed by atoms with E-state index in [1.165, 1.54) is 7.11 Å². The molecule has 2 aromatic heterocycles. The molecular weight excluding hydrogens is 408 g/mol. The number of aromatic nitrogens is 4. The molecule has 158 valence electrons. The molecule has 0 unspecified atom stereocenters. The van der Waals surface area contributed by atoms with Crippen LogP contribution in [0, 0.1) is 6.92 Å². The van der Waals surface area contributed by atoms with Crippen LogP contribution in [0.4, 0.5) is 0 Å². The topological polar surface area (TPSA) is 103 Å². The average Bonchev–Trinajstić information content (AvgIpc) is 3.29. The van der Waals surface area contributed by atoms with Gasteiger partial charge in [-0.3, -0.25) is 4.79 Å². The number of aryl methyl sites for hydroxylation is 1. The Bertz CT molecular complexity index is 1580. The minimum absolute atomic E-state index is 0.294. The number of hydrogen-bond acceptors (Lipinski definition) is 6. The minimum atomic E-state index is -0.556. The molecule has 8 heteroatoms. The molecule has 2 heterocycles. The number of nitrogens with one attached hydrogen (secondary N) is 1. The zero-order valence-electron chi connectivity index (χ0n) is 17.3. The average molecular weight is 426 g/mol. The van der Waals surface area contributed by atoms with Gasteiger partial charge < -0.3 is 14.2 Å². The molecule has 8 nitrogen and oxygen atoms in total. The Balaban J connectivity index is 1.60. The highest BCUT2D eigenvalue weighted by Crippen LogP contribution is 2.25. The Morgan fingerprint density at radius 1 is 1.00 bits per heavy atom. The van der Waals surface area contributed by atoms with Gasteiger partial charge >= 0.3 is 5.69 Å². The number of benzene rings is 3. The van der Waals surface area contributed by atoms with E-state index >= 15 is 0 Å². The number of aromatic amines is 1. The maximum atomic E-state index is 13.1. The second-order valence-electron chi connectivity index (χ2n) is 7.27. The number of fused-ring (bicyclic) bond motifs is 1. The Kier molecular flexibility index (Phi) is 4.67. The molecule has 0 bridgehead atoms.